The van der Waals surface area contributed by atoms with Gasteiger partial charge in [-0.05, 0) is 68.9 Å². The Labute approximate surface area is 246 Å². The molecule has 0 unspecified atom stereocenters. The molecule has 1 atom stereocenters. The van der Waals surface area contributed by atoms with Gasteiger partial charge in [-0.2, -0.15) is 0 Å². The molecular weight excluding hydrogens is 536 g/mol. The number of piperidine rings is 1. The van der Waals surface area contributed by atoms with E-state index in [1.807, 2.05) is 13.8 Å². The molecule has 12 heteroatoms. The molecule has 0 radical (unpaired) electrons. The highest BCUT2D eigenvalue weighted by Gasteiger charge is 2.26. The number of aromatic nitrogens is 4. The van der Waals surface area contributed by atoms with E-state index in [9.17, 15) is 14.7 Å². The molecule has 0 bridgehead atoms. The number of ether oxygens (including phenoxy) is 1. The molecule has 5 rings (SSSR count). The van der Waals surface area contributed by atoms with Crippen LogP contribution in [-0.2, 0) is 22.6 Å². The molecule has 0 spiro atoms. The summed E-state index contributed by atoms with van der Waals surface area (Å²) in [5.74, 6) is 2.18. The Kier molecular flexibility index (Phi) is 10.1. The summed E-state index contributed by atoms with van der Waals surface area (Å²) < 4.78 is 5.16. The average molecular weight is 577 g/mol. The summed E-state index contributed by atoms with van der Waals surface area (Å²) in [6.45, 7) is 6.31. The van der Waals surface area contributed by atoms with Crippen molar-refractivity contribution in [2.75, 3.05) is 41.7 Å². The van der Waals surface area contributed by atoms with Gasteiger partial charge in [0, 0.05) is 55.7 Å². The molecule has 0 aromatic carbocycles. The van der Waals surface area contributed by atoms with Gasteiger partial charge in [0.2, 0.25) is 0 Å². The number of anilines is 3. The Morgan fingerprint density at radius 3 is 2.62 bits per heavy atom. The summed E-state index contributed by atoms with van der Waals surface area (Å²) in [7, 11) is 0. The molecule has 1 amide bonds. The Morgan fingerprint density at radius 1 is 1.12 bits per heavy atom. The number of carboxylic acids is 1. The normalized spacial score (nSPS) is 15.4. The van der Waals surface area contributed by atoms with Crippen molar-refractivity contribution in [1.29, 1.82) is 0 Å². The van der Waals surface area contributed by atoms with Crippen LogP contribution in [0.1, 0.15) is 60.8 Å². The first-order chi connectivity index (χ1) is 19.9. The minimum absolute atomic E-state index is 0. The lowest BCUT2D eigenvalue weighted by Gasteiger charge is -2.34. The third-order valence-electron chi connectivity index (χ3n) is 7.54. The molecule has 3 aromatic rings. The fraction of sp³-hybridized carbons (Fsp3) is 0.467. The molecule has 2 aliphatic heterocycles. The zero-order chi connectivity index (χ0) is 28.8. The molecule has 42 heavy (non-hydrogen) atoms. The van der Waals surface area contributed by atoms with Crippen molar-refractivity contribution < 1.29 is 19.4 Å². The summed E-state index contributed by atoms with van der Waals surface area (Å²) in [5.41, 5.74) is 4.02. The molecule has 1 saturated heterocycles. The predicted octanol–water partition coefficient (Wildman–Crippen LogP) is 4.05. The average Bonchev–Trinajstić information content (AvgIpc) is 2.99. The Bertz CT molecular complexity index is 1380. The van der Waals surface area contributed by atoms with Crippen molar-refractivity contribution in [2.45, 2.75) is 65.5 Å². The van der Waals surface area contributed by atoms with Gasteiger partial charge in [-0.3, -0.25) is 4.98 Å². The third-order valence-corrected chi connectivity index (χ3v) is 7.54. The van der Waals surface area contributed by atoms with Crippen molar-refractivity contribution >= 4 is 29.5 Å². The highest BCUT2D eigenvalue weighted by molar-refractivity contribution is 5.80. The second-order valence-electron chi connectivity index (χ2n) is 10.5. The van der Waals surface area contributed by atoms with Crippen molar-refractivity contribution in [3.8, 4) is 0 Å². The standard InChI is InChI=1S/C29H36N8O4.CH4/c1-18-25(32-16-24(28(38)39)36-29(40)41-17-20-7-12-30-13-8-20)33-19(2)34-27(18)37-14-9-21(10-15-37)23-6-5-22-4-3-11-31-26(22)35-23;/h5-8,12-13,21,24H,3-4,9-11,14-17H2,1-2H3,(H,31,35)(H,36,40)(H,38,39)(H,32,33,34);1H4/t24-;/m0./s1. The number of nitrogens with one attached hydrogen (secondary N) is 3. The number of pyridine rings is 2. The summed E-state index contributed by atoms with van der Waals surface area (Å²) in [6.07, 6.45) is 6.51. The van der Waals surface area contributed by atoms with Gasteiger partial charge in [0.15, 0.2) is 0 Å². The second kappa shape index (κ2) is 13.9. The van der Waals surface area contributed by atoms with Gasteiger partial charge in [-0.15, -0.1) is 0 Å². The van der Waals surface area contributed by atoms with E-state index in [1.165, 1.54) is 5.56 Å². The molecule has 5 heterocycles. The van der Waals surface area contributed by atoms with E-state index >= 15 is 0 Å². The lowest BCUT2D eigenvalue weighted by molar-refractivity contribution is -0.139. The lowest BCUT2D eigenvalue weighted by atomic mass is 9.92. The van der Waals surface area contributed by atoms with Gasteiger partial charge in [-0.25, -0.2) is 24.5 Å². The molecule has 4 N–H and O–H groups in total. The Hall–Kier alpha value is -4.48. The van der Waals surface area contributed by atoms with Crippen molar-refractivity contribution in [2.24, 2.45) is 0 Å². The predicted molar refractivity (Wildman–Crippen MR) is 161 cm³/mol. The summed E-state index contributed by atoms with van der Waals surface area (Å²) in [5, 5.41) is 18.6. The maximum atomic E-state index is 12.2. The number of carboxylic acid groups (broad SMARTS) is 1. The highest BCUT2D eigenvalue weighted by atomic mass is 16.5. The number of aliphatic carboxylic acids is 1. The number of carbonyl (C=O) groups excluding carboxylic acids is 1. The SMILES string of the molecule is C.Cc1nc(NC[C@H](NC(=O)OCc2ccncc2)C(=O)O)c(C)c(N2CCC(c3ccc4c(n3)NCCC4)CC2)n1. The van der Waals surface area contributed by atoms with Crippen LogP contribution in [0.3, 0.4) is 0 Å². The van der Waals surface area contributed by atoms with Gasteiger partial charge in [0.05, 0.1) is 0 Å². The first-order valence-corrected chi connectivity index (χ1v) is 14.0. The van der Waals surface area contributed by atoms with Gasteiger partial charge in [0.25, 0.3) is 0 Å². The van der Waals surface area contributed by atoms with E-state index in [0.29, 0.717) is 17.6 Å². The van der Waals surface area contributed by atoms with Crippen LogP contribution in [0.15, 0.2) is 36.7 Å². The van der Waals surface area contributed by atoms with Crippen LogP contribution in [0.25, 0.3) is 0 Å². The third kappa shape index (κ3) is 7.42. The molecule has 224 valence electrons. The van der Waals surface area contributed by atoms with Crippen LogP contribution >= 0.6 is 0 Å². The summed E-state index contributed by atoms with van der Waals surface area (Å²) in [6, 6.07) is 6.60. The Balaban J connectivity index is 0.00000405. The van der Waals surface area contributed by atoms with Crippen molar-refractivity contribution in [3.05, 3.63) is 64.9 Å². The smallest absolute Gasteiger partial charge is 0.408 e. The monoisotopic (exact) mass is 576 g/mol. The molecule has 3 aromatic heterocycles. The number of amides is 1. The topological polar surface area (TPSA) is 154 Å². The van der Waals surface area contributed by atoms with E-state index in [-0.39, 0.29) is 20.6 Å². The number of fused-ring (bicyclic) bond motifs is 1. The zero-order valence-corrected chi connectivity index (χ0v) is 23.4. The van der Waals surface area contributed by atoms with Crippen molar-refractivity contribution in [1.82, 2.24) is 25.3 Å². The van der Waals surface area contributed by atoms with E-state index in [0.717, 1.165) is 73.8 Å². The Morgan fingerprint density at radius 2 is 1.88 bits per heavy atom. The minimum Gasteiger partial charge on any atom is -0.480 e. The number of alkyl carbamates (subject to hydrolysis) is 1. The van der Waals surface area contributed by atoms with Gasteiger partial charge >= 0.3 is 12.1 Å². The lowest BCUT2D eigenvalue weighted by Crippen LogP contribution is -2.45. The molecule has 1 fully saturated rings. The zero-order valence-electron chi connectivity index (χ0n) is 23.4. The van der Waals surface area contributed by atoms with Crippen LogP contribution < -0.4 is 20.9 Å². The van der Waals surface area contributed by atoms with E-state index in [4.69, 9.17) is 14.7 Å². The second-order valence-corrected chi connectivity index (χ2v) is 10.5. The molecular formula is C30H40N8O4. The van der Waals surface area contributed by atoms with Crippen LogP contribution in [0.5, 0.6) is 0 Å². The number of nitrogens with zero attached hydrogens (tertiary/aromatic N) is 5. The van der Waals surface area contributed by atoms with Gasteiger partial charge in [0.1, 0.15) is 35.9 Å². The van der Waals surface area contributed by atoms with Crippen LogP contribution in [0.4, 0.5) is 22.2 Å². The fourth-order valence-electron chi connectivity index (χ4n) is 5.26. The largest absolute Gasteiger partial charge is 0.480 e. The number of carbonyl (C=O) groups is 2. The van der Waals surface area contributed by atoms with Gasteiger partial charge < -0.3 is 30.7 Å². The highest BCUT2D eigenvalue weighted by Crippen LogP contribution is 2.33. The number of hydrogen-bond donors (Lipinski definition) is 4. The van der Waals surface area contributed by atoms with E-state index < -0.39 is 18.1 Å². The summed E-state index contributed by atoms with van der Waals surface area (Å²) >= 11 is 0. The number of hydrogen-bond acceptors (Lipinski definition) is 10. The minimum atomic E-state index is -1.22. The van der Waals surface area contributed by atoms with Crippen LogP contribution in [-0.4, -0.2) is 69.3 Å². The number of aryl methyl sites for hydroxylation is 2. The molecule has 0 saturated carbocycles. The fourth-order valence-corrected chi connectivity index (χ4v) is 5.26. The maximum Gasteiger partial charge on any atom is 0.408 e. The maximum absolute atomic E-state index is 12.2. The van der Waals surface area contributed by atoms with E-state index in [1.54, 1.807) is 24.5 Å². The van der Waals surface area contributed by atoms with Crippen molar-refractivity contribution in [3.63, 3.8) is 0 Å². The van der Waals surface area contributed by atoms with E-state index in [2.05, 4.69) is 43.0 Å². The first-order valence-electron chi connectivity index (χ1n) is 14.0. The quantitative estimate of drug-likeness (QED) is 0.292. The van der Waals surface area contributed by atoms with Crippen LogP contribution in [0.2, 0.25) is 0 Å². The summed E-state index contributed by atoms with van der Waals surface area (Å²) in [4.78, 5) is 44.4. The number of rotatable bonds is 9. The molecule has 12 nitrogen and oxygen atoms in total. The molecule has 2 aliphatic rings. The molecule has 0 aliphatic carbocycles. The van der Waals surface area contributed by atoms with Gasteiger partial charge in [-0.1, -0.05) is 13.5 Å². The van der Waals surface area contributed by atoms with Crippen LogP contribution in [0, 0.1) is 13.8 Å². The first kappa shape index (κ1) is 30.5.